The number of nitrogens with zero attached hydrogens (tertiary/aromatic N) is 2. The molecule has 0 aliphatic carbocycles. The minimum absolute atomic E-state index is 0. The number of ether oxygens (including phenoxy) is 2. The molecule has 4 rings (SSSR count). The average molecular weight is 590 g/mol. The molecule has 0 aliphatic heterocycles. The summed E-state index contributed by atoms with van der Waals surface area (Å²) in [6, 6.07) is 18.3. The van der Waals surface area contributed by atoms with Gasteiger partial charge in [-0.05, 0) is 38.1 Å². The minimum Gasteiger partial charge on any atom is -1.00 e. The molecule has 0 amide bonds. The van der Waals surface area contributed by atoms with Crippen LogP contribution in [0.5, 0.6) is 23.0 Å². The van der Waals surface area contributed by atoms with E-state index in [9.17, 15) is 10.2 Å². The molecule has 4 aromatic rings. The molecule has 0 aliphatic rings. The molecule has 2 aromatic heterocycles. The smallest absolute Gasteiger partial charge is 1.00 e. The molecule has 2 aromatic carbocycles. The van der Waals surface area contributed by atoms with Gasteiger partial charge in [0.05, 0.1) is 24.6 Å². The van der Waals surface area contributed by atoms with Crippen LogP contribution in [0.15, 0.2) is 73.1 Å². The van der Waals surface area contributed by atoms with Crippen LogP contribution in [0.4, 0.5) is 0 Å². The summed E-state index contributed by atoms with van der Waals surface area (Å²) in [6.07, 6.45) is 3.40. The number of para-hydroxylation sites is 2. The van der Waals surface area contributed by atoms with Gasteiger partial charge in [0, 0.05) is 34.6 Å². The Bertz CT molecular complexity index is 1130. The molecule has 0 unspecified atom stereocenters. The molecule has 2 N–H and O–H groups in total. The normalized spacial score (nSPS) is 9.50. The van der Waals surface area contributed by atoms with Gasteiger partial charge in [-0.3, -0.25) is 9.97 Å². The van der Waals surface area contributed by atoms with Gasteiger partial charge in [0.25, 0.3) is 0 Å². The van der Waals surface area contributed by atoms with Crippen molar-refractivity contribution in [1.29, 1.82) is 0 Å². The zero-order valence-corrected chi connectivity index (χ0v) is 22.9. The van der Waals surface area contributed by atoms with E-state index in [1.807, 2.05) is 62.4 Å². The van der Waals surface area contributed by atoms with E-state index in [1.54, 1.807) is 24.5 Å². The number of halogens is 3. The molecule has 6 nitrogen and oxygen atoms in total. The number of aromatic nitrogens is 2. The maximum absolute atomic E-state index is 10.5. The Morgan fingerprint density at radius 3 is 1.31 bits per heavy atom. The summed E-state index contributed by atoms with van der Waals surface area (Å²) < 4.78 is 10.9. The molecule has 2 heterocycles. The van der Waals surface area contributed by atoms with Crippen molar-refractivity contribution in [2.24, 2.45) is 0 Å². The molecule has 0 saturated carbocycles. The van der Waals surface area contributed by atoms with Crippen LogP contribution in [0.3, 0.4) is 0 Å². The first-order valence-electron chi connectivity index (χ1n) is 10.4. The molecule has 0 bridgehead atoms. The Morgan fingerprint density at radius 1 is 0.611 bits per heavy atom. The number of phenols is 2. The van der Waals surface area contributed by atoms with Gasteiger partial charge in [0.2, 0.25) is 0 Å². The summed E-state index contributed by atoms with van der Waals surface area (Å²) in [7, 11) is 0. The van der Waals surface area contributed by atoms with Crippen LogP contribution in [-0.2, 0) is 17.1 Å². The van der Waals surface area contributed by atoms with Gasteiger partial charge in [0.1, 0.15) is 0 Å². The van der Waals surface area contributed by atoms with Crippen molar-refractivity contribution in [2.45, 2.75) is 13.8 Å². The Kier molecular flexibility index (Phi) is 14.3. The number of phenolic OH excluding ortho intramolecular Hbond substituents is 2. The molecule has 0 radical (unpaired) electrons. The average Bonchev–Trinajstić information content (AvgIpc) is 2.82. The number of aromatic hydroxyl groups is 2. The third kappa shape index (κ3) is 7.19. The first kappa shape index (κ1) is 33.3. The summed E-state index contributed by atoms with van der Waals surface area (Å²) in [4.78, 5) is 9.03. The van der Waals surface area contributed by atoms with Crippen molar-refractivity contribution in [2.75, 3.05) is 13.2 Å². The van der Waals surface area contributed by atoms with Gasteiger partial charge in [-0.25, -0.2) is 0 Å². The maximum Gasteiger partial charge on any atom is 3.00 e. The summed E-state index contributed by atoms with van der Waals surface area (Å²) in [5.74, 6) is 1.09. The van der Waals surface area contributed by atoms with Gasteiger partial charge in [-0.1, -0.05) is 36.4 Å². The van der Waals surface area contributed by atoms with Crippen LogP contribution in [0.25, 0.3) is 33.6 Å². The SMILES string of the molecule is CCOc1cccc(-c2ccc(-c3ccc(-c4cccc(OCC)c4O)cn3)nc2)c1O.[Cl-].[Cl-].[Cl-].[Mn+3]. The Labute approximate surface area is 239 Å². The van der Waals surface area contributed by atoms with Crippen LogP contribution in [0.2, 0.25) is 0 Å². The van der Waals surface area contributed by atoms with Crippen molar-refractivity contribution in [3.05, 3.63) is 73.1 Å². The first-order valence-corrected chi connectivity index (χ1v) is 10.4. The van der Waals surface area contributed by atoms with Crippen LogP contribution >= 0.6 is 0 Å². The Balaban J connectivity index is 0.00000306. The van der Waals surface area contributed by atoms with E-state index in [2.05, 4.69) is 9.97 Å². The number of pyridine rings is 2. The molecule has 0 saturated heterocycles. The largest absolute Gasteiger partial charge is 3.00 e. The molecule has 0 atom stereocenters. The Morgan fingerprint density at radius 2 is 1.00 bits per heavy atom. The minimum atomic E-state index is 0. The maximum atomic E-state index is 10.5. The molecule has 0 spiro atoms. The van der Waals surface area contributed by atoms with Crippen LogP contribution in [-0.4, -0.2) is 33.4 Å². The molecule has 190 valence electrons. The molecular formula is C26H24Cl3MnN2O4. The topological polar surface area (TPSA) is 84.7 Å². The van der Waals surface area contributed by atoms with E-state index in [-0.39, 0.29) is 65.8 Å². The molecular weight excluding hydrogens is 566 g/mol. The fourth-order valence-electron chi connectivity index (χ4n) is 3.46. The fourth-order valence-corrected chi connectivity index (χ4v) is 3.46. The van der Waals surface area contributed by atoms with Crippen LogP contribution in [0.1, 0.15) is 13.8 Å². The van der Waals surface area contributed by atoms with E-state index in [1.165, 1.54) is 0 Å². The van der Waals surface area contributed by atoms with Crippen molar-refractivity contribution in [3.8, 4) is 56.6 Å². The quantitative estimate of drug-likeness (QED) is 0.220. The standard InChI is InChI=1S/C26H24N2O4.3ClH.Mn/c1-3-31-23-9-5-7-19(25(23)29)17-11-13-21(27-15-17)22-14-12-18(16-28-22)20-8-6-10-24(26(20)30)32-4-2;;;;/h5-16,29-30H,3-4H2,1-2H3;3*1H;/q;;;;+3/p-3. The van der Waals surface area contributed by atoms with E-state index < -0.39 is 0 Å². The van der Waals surface area contributed by atoms with E-state index in [4.69, 9.17) is 9.47 Å². The third-order valence-corrected chi connectivity index (χ3v) is 5.01. The van der Waals surface area contributed by atoms with Crippen molar-refractivity contribution in [1.82, 2.24) is 9.97 Å². The number of hydrogen-bond donors (Lipinski definition) is 2. The second-order valence-electron chi connectivity index (χ2n) is 7.03. The predicted molar refractivity (Wildman–Crippen MR) is 124 cm³/mol. The number of rotatable bonds is 7. The van der Waals surface area contributed by atoms with Gasteiger partial charge in [0.15, 0.2) is 23.0 Å². The van der Waals surface area contributed by atoms with E-state index in [0.29, 0.717) is 47.2 Å². The molecule has 36 heavy (non-hydrogen) atoms. The predicted octanol–water partition coefficient (Wildman–Crippen LogP) is -3.30. The molecule has 10 heteroatoms. The Hall–Kier alpha value is -2.67. The number of benzene rings is 2. The van der Waals surface area contributed by atoms with Crippen LogP contribution in [0, 0.1) is 0 Å². The van der Waals surface area contributed by atoms with Gasteiger partial charge in [-0.2, -0.15) is 0 Å². The summed E-state index contributed by atoms with van der Waals surface area (Å²) in [5, 5.41) is 21.0. The van der Waals surface area contributed by atoms with Gasteiger partial charge >= 0.3 is 17.1 Å². The van der Waals surface area contributed by atoms with Gasteiger partial charge in [-0.15, -0.1) is 0 Å². The zero-order chi connectivity index (χ0) is 22.5. The van der Waals surface area contributed by atoms with Crippen molar-refractivity contribution >= 4 is 0 Å². The summed E-state index contributed by atoms with van der Waals surface area (Å²) in [5.41, 5.74) is 4.27. The zero-order valence-electron chi connectivity index (χ0n) is 19.5. The van der Waals surface area contributed by atoms with Crippen LogP contribution < -0.4 is 46.7 Å². The number of hydrogen-bond acceptors (Lipinski definition) is 6. The monoisotopic (exact) mass is 588 g/mol. The second kappa shape index (κ2) is 15.4. The molecule has 0 fully saturated rings. The second-order valence-corrected chi connectivity index (χ2v) is 7.03. The van der Waals surface area contributed by atoms with E-state index in [0.717, 1.165) is 11.1 Å². The summed E-state index contributed by atoms with van der Waals surface area (Å²) in [6.45, 7) is 4.70. The van der Waals surface area contributed by atoms with Gasteiger partial charge < -0.3 is 56.9 Å². The van der Waals surface area contributed by atoms with E-state index >= 15 is 0 Å². The third-order valence-electron chi connectivity index (χ3n) is 5.01. The van der Waals surface area contributed by atoms with Crippen molar-refractivity contribution < 1.29 is 74.0 Å². The first-order chi connectivity index (χ1) is 15.6. The summed E-state index contributed by atoms with van der Waals surface area (Å²) >= 11 is 0. The van der Waals surface area contributed by atoms with Crippen molar-refractivity contribution in [3.63, 3.8) is 0 Å². The fraction of sp³-hybridized carbons (Fsp3) is 0.154.